The highest BCUT2D eigenvalue weighted by molar-refractivity contribution is 7.09. The minimum absolute atomic E-state index is 0.302. The first-order chi connectivity index (χ1) is 11.6. The second-order valence-corrected chi connectivity index (χ2v) is 6.51. The Balaban J connectivity index is 2.07. The summed E-state index contributed by atoms with van der Waals surface area (Å²) >= 11 is 1.51. The molecule has 0 spiro atoms. The monoisotopic (exact) mass is 338 g/mol. The molecule has 0 atom stereocenters. The molecule has 24 heavy (non-hydrogen) atoms. The molecular formula is C19H18N2O2S. The first-order valence-corrected chi connectivity index (χ1v) is 8.37. The summed E-state index contributed by atoms with van der Waals surface area (Å²) in [6.45, 7) is 2.04. The van der Waals surface area contributed by atoms with Gasteiger partial charge in [-0.3, -0.25) is 4.79 Å². The Hall–Kier alpha value is -2.66. The standard InChI is InChI=1S/C19H18N2O2S/c1-13-17(14-9-5-4-6-10-14)21(2)19(24-13)20-18(22)15-11-7-8-12-16(15)23-3/h4-12H,1-3H3. The van der Waals surface area contributed by atoms with Gasteiger partial charge in [0.1, 0.15) is 5.75 Å². The summed E-state index contributed by atoms with van der Waals surface area (Å²) in [6.07, 6.45) is 0. The maximum absolute atomic E-state index is 12.5. The number of aromatic nitrogens is 1. The Labute approximate surface area is 144 Å². The number of benzene rings is 2. The second kappa shape index (κ2) is 6.84. The zero-order valence-corrected chi connectivity index (χ0v) is 14.6. The highest BCUT2D eigenvalue weighted by Crippen LogP contribution is 2.24. The van der Waals surface area contributed by atoms with Gasteiger partial charge in [-0.1, -0.05) is 42.5 Å². The van der Waals surface area contributed by atoms with Crippen LogP contribution in [-0.2, 0) is 7.05 Å². The van der Waals surface area contributed by atoms with Gasteiger partial charge in [0.15, 0.2) is 4.80 Å². The van der Waals surface area contributed by atoms with Gasteiger partial charge in [0.05, 0.1) is 18.4 Å². The normalized spacial score (nSPS) is 11.5. The van der Waals surface area contributed by atoms with Gasteiger partial charge in [0.2, 0.25) is 0 Å². The predicted octanol–water partition coefficient (Wildman–Crippen LogP) is 3.81. The molecule has 0 saturated carbocycles. The van der Waals surface area contributed by atoms with Gasteiger partial charge in [0, 0.05) is 11.9 Å². The Morgan fingerprint density at radius 1 is 1.08 bits per heavy atom. The molecule has 0 aliphatic carbocycles. The van der Waals surface area contributed by atoms with Crippen LogP contribution in [0.25, 0.3) is 11.3 Å². The van der Waals surface area contributed by atoms with E-state index in [1.165, 1.54) is 11.3 Å². The summed E-state index contributed by atoms with van der Waals surface area (Å²) in [5.74, 6) is 0.231. The summed E-state index contributed by atoms with van der Waals surface area (Å²) in [5.41, 5.74) is 2.65. The lowest BCUT2D eigenvalue weighted by Crippen LogP contribution is -2.14. The molecule has 3 rings (SSSR count). The van der Waals surface area contributed by atoms with Crippen molar-refractivity contribution in [2.24, 2.45) is 12.0 Å². The number of thiazole rings is 1. The first kappa shape index (κ1) is 16.2. The zero-order chi connectivity index (χ0) is 17.1. The van der Waals surface area contributed by atoms with Crippen LogP contribution < -0.4 is 9.54 Å². The van der Waals surface area contributed by atoms with Crippen molar-refractivity contribution in [3.63, 3.8) is 0 Å². The minimum atomic E-state index is -0.302. The summed E-state index contributed by atoms with van der Waals surface area (Å²) < 4.78 is 7.21. The van der Waals surface area contributed by atoms with E-state index in [9.17, 15) is 4.79 Å². The van der Waals surface area contributed by atoms with Crippen LogP contribution in [-0.4, -0.2) is 17.6 Å². The smallest absolute Gasteiger partial charge is 0.283 e. The van der Waals surface area contributed by atoms with Crippen LogP contribution in [0.2, 0.25) is 0 Å². The first-order valence-electron chi connectivity index (χ1n) is 7.55. The predicted molar refractivity (Wildman–Crippen MR) is 96.4 cm³/mol. The summed E-state index contributed by atoms with van der Waals surface area (Å²) in [6, 6.07) is 17.2. The molecule has 4 nitrogen and oxygen atoms in total. The van der Waals surface area contributed by atoms with E-state index in [1.54, 1.807) is 25.3 Å². The molecule has 0 aliphatic rings. The van der Waals surface area contributed by atoms with E-state index >= 15 is 0 Å². The van der Waals surface area contributed by atoms with Crippen LogP contribution in [0.4, 0.5) is 0 Å². The quantitative estimate of drug-likeness (QED) is 0.729. The Bertz CT molecular complexity index is 940. The van der Waals surface area contributed by atoms with Crippen molar-refractivity contribution < 1.29 is 9.53 Å². The number of carbonyl (C=O) groups is 1. The van der Waals surface area contributed by atoms with Crippen LogP contribution in [0.1, 0.15) is 15.2 Å². The number of para-hydroxylation sites is 1. The lowest BCUT2D eigenvalue weighted by molar-refractivity contribution is 0.0995. The molecule has 0 radical (unpaired) electrons. The number of hydrogen-bond donors (Lipinski definition) is 0. The number of methoxy groups -OCH3 is 1. The number of rotatable bonds is 3. The van der Waals surface area contributed by atoms with Gasteiger partial charge in [-0.25, -0.2) is 0 Å². The van der Waals surface area contributed by atoms with Crippen LogP contribution in [0.5, 0.6) is 5.75 Å². The fraction of sp³-hybridized carbons (Fsp3) is 0.158. The highest BCUT2D eigenvalue weighted by Gasteiger charge is 2.13. The number of aryl methyl sites for hydroxylation is 1. The second-order valence-electron chi connectivity index (χ2n) is 5.33. The average Bonchev–Trinajstić information content (AvgIpc) is 2.89. The lowest BCUT2D eigenvalue weighted by atomic mass is 10.1. The van der Waals surface area contributed by atoms with Gasteiger partial charge >= 0.3 is 0 Å². The van der Waals surface area contributed by atoms with Gasteiger partial charge in [-0.05, 0) is 24.6 Å². The molecule has 5 heteroatoms. The SMILES string of the molecule is COc1ccccc1C(=O)N=c1sc(C)c(-c2ccccc2)n1C. The van der Waals surface area contributed by atoms with Crippen LogP contribution in [0, 0.1) is 6.92 Å². The van der Waals surface area contributed by atoms with E-state index in [4.69, 9.17) is 4.74 Å². The topological polar surface area (TPSA) is 43.6 Å². The number of ether oxygens (including phenoxy) is 1. The molecule has 0 fully saturated rings. The van der Waals surface area contributed by atoms with E-state index < -0.39 is 0 Å². The highest BCUT2D eigenvalue weighted by atomic mass is 32.1. The maximum atomic E-state index is 12.5. The van der Waals surface area contributed by atoms with Gasteiger partial charge in [-0.15, -0.1) is 11.3 Å². The van der Waals surface area contributed by atoms with Crippen molar-refractivity contribution in [1.29, 1.82) is 0 Å². The van der Waals surface area contributed by atoms with E-state index in [1.807, 2.05) is 42.8 Å². The molecule has 0 bridgehead atoms. The van der Waals surface area contributed by atoms with Crippen LogP contribution in [0.3, 0.4) is 0 Å². The summed E-state index contributed by atoms with van der Waals surface area (Å²) in [5, 5.41) is 0. The van der Waals surface area contributed by atoms with E-state index in [-0.39, 0.29) is 5.91 Å². The summed E-state index contributed by atoms with van der Waals surface area (Å²) in [4.78, 5) is 18.6. The molecule has 2 aromatic carbocycles. The molecule has 1 heterocycles. The largest absolute Gasteiger partial charge is 0.496 e. The fourth-order valence-corrected chi connectivity index (χ4v) is 3.63. The minimum Gasteiger partial charge on any atom is -0.496 e. The van der Waals surface area contributed by atoms with Gasteiger partial charge in [-0.2, -0.15) is 4.99 Å². The molecule has 0 unspecified atom stereocenters. The molecule has 122 valence electrons. The van der Waals surface area contributed by atoms with Crippen molar-refractivity contribution >= 4 is 17.2 Å². The molecule has 3 aromatic rings. The van der Waals surface area contributed by atoms with Gasteiger partial charge < -0.3 is 9.30 Å². The number of nitrogens with zero attached hydrogens (tertiary/aromatic N) is 2. The molecule has 0 N–H and O–H groups in total. The van der Waals surface area contributed by atoms with Crippen molar-refractivity contribution in [3.05, 3.63) is 69.8 Å². The zero-order valence-electron chi connectivity index (χ0n) is 13.8. The third-order valence-electron chi connectivity index (χ3n) is 3.78. The van der Waals surface area contributed by atoms with Crippen LogP contribution >= 0.6 is 11.3 Å². The summed E-state index contributed by atoms with van der Waals surface area (Å²) in [7, 11) is 3.48. The third kappa shape index (κ3) is 3.03. The van der Waals surface area contributed by atoms with E-state index in [2.05, 4.69) is 17.1 Å². The molecule has 1 aromatic heterocycles. The van der Waals surface area contributed by atoms with E-state index in [0.29, 0.717) is 16.1 Å². The van der Waals surface area contributed by atoms with Crippen molar-refractivity contribution in [3.8, 4) is 17.0 Å². The number of hydrogen-bond acceptors (Lipinski definition) is 3. The Morgan fingerprint density at radius 2 is 1.75 bits per heavy atom. The average molecular weight is 338 g/mol. The Morgan fingerprint density at radius 3 is 2.46 bits per heavy atom. The molecule has 0 aliphatic heterocycles. The number of amides is 1. The van der Waals surface area contributed by atoms with Gasteiger partial charge in [0.25, 0.3) is 5.91 Å². The van der Waals surface area contributed by atoms with E-state index in [0.717, 1.165) is 16.1 Å². The van der Waals surface area contributed by atoms with Crippen molar-refractivity contribution in [1.82, 2.24) is 4.57 Å². The number of carbonyl (C=O) groups excluding carboxylic acids is 1. The molecule has 1 amide bonds. The fourth-order valence-electron chi connectivity index (χ4n) is 2.64. The van der Waals surface area contributed by atoms with Crippen LogP contribution in [0.15, 0.2) is 59.6 Å². The lowest BCUT2D eigenvalue weighted by Gasteiger charge is -2.05. The van der Waals surface area contributed by atoms with Crippen molar-refractivity contribution in [2.45, 2.75) is 6.92 Å². The molecule has 0 saturated heterocycles. The Kier molecular flexibility index (Phi) is 4.62. The molecular weight excluding hydrogens is 320 g/mol. The van der Waals surface area contributed by atoms with Crippen molar-refractivity contribution in [2.75, 3.05) is 7.11 Å². The third-order valence-corrected chi connectivity index (χ3v) is 4.83. The maximum Gasteiger partial charge on any atom is 0.283 e.